The summed E-state index contributed by atoms with van der Waals surface area (Å²) in [7, 11) is 2.63. The predicted octanol–water partition coefficient (Wildman–Crippen LogP) is 6.08. The molecule has 15 nitrogen and oxygen atoms in total. The number of benzene rings is 3. The Morgan fingerprint density at radius 3 is 2.04 bits per heavy atom. The lowest BCUT2D eigenvalue weighted by Gasteiger charge is -2.50. The molecule has 3 aromatic carbocycles. The fourth-order valence-electron chi connectivity index (χ4n) is 8.42. The summed E-state index contributed by atoms with van der Waals surface area (Å²) in [5.41, 5.74) is -3.16. The SMILES string of the molecule is CN(C)c1c([N+](=O)[O-])cc(N2C(=O)C3CC=C4C(CC5(Cl)C(=O)N(c6ccc(F)cc6)C(=O)C5(Cl)C4c4cc(OC(F)(F)F)ccc4O)C3C2=O)cc1[N+](=O)[O-]. The van der Waals surface area contributed by atoms with Crippen LogP contribution in [0.1, 0.15) is 24.3 Å². The number of rotatable bonds is 7. The summed E-state index contributed by atoms with van der Waals surface area (Å²) in [5, 5.41) is 35.4. The highest BCUT2D eigenvalue weighted by Crippen LogP contribution is 2.67. The van der Waals surface area contributed by atoms with E-state index in [-0.39, 0.29) is 17.7 Å². The number of nitrogens with zero attached hydrogens (tertiary/aromatic N) is 5. The number of carbonyl (C=O) groups excluding carboxylic acids is 4. The predicted molar refractivity (Wildman–Crippen MR) is 188 cm³/mol. The monoisotopic (exact) mass is 821 g/mol. The van der Waals surface area contributed by atoms with E-state index in [0.717, 1.165) is 59.5 Å². The number of anilines is 3. The molecule has 6 unspecified atom stereocenters. The van der Waals surface area contributed by atoms with E-state index >= 15 is 0 Å². The third-order valence-electron chi connectivity index (χ3n) is 10.6. The summed E-state index contributed by atoms with van der Waals surface area (Å²) in [4.78, 5) is 76.9. The number of allylic oxidation sites excluding steroid dienone is 2. The van der Waals surface area contributed by atoms with Crippen LogP contribution in [0, 0.1) is 43.8 Å². The quantitative estimate of drug-likeness (QED) is 0.0725. The molecule has 7 rings (SSSR count). The van der Waals surface area contributed by atoms with Crippen molar-refractivity contribution in [2.45, 2.75) is 34.9 Å². The number of carbonyl (C=O) groups is 4. The number of fused-ring (bicyclic) bond motifs is 4. The lowest BCUT2D eigenvalue weighted by molar-refractivity contribution is -0.392. The minimum atomic E-state index is -5.22. The first kappa shape index (κ1) is 38.5. The smallest absolute Gasteiger partial charge is 0.508 e. The van der Waals surface area contributed by atoms with Crippen molar-refractivity contribution in [1.82, 2.24) is 0 Å². The molecule has 292 valence electrons. The van der Waals surface area contributed by atoms with Crippen LogP contribution in [-0.4, -0.2) is 68.8 Å². The van der Waals surface area contributed by atoms with Gasteiger partial charge in [0.1, 0.15) is 17.3 Å². The van der Waals surface area contributed by atoms with E-state index in [4.69, 9.17) is 23.2 Å². The number of nitro benzene ring substituents is 2. The van der Waals surface area contributed by atoms with Crippen LogP contribution >= 0.6 is 23.2 Å². The Morgan fingerprint density at radius 1 is 0.875 bits per heavy atom. The molecule has 0 radical (unpaired) electrons. The second-order valence-corrected chi connectivity index (χ2v) is 15.0. The third-order valence-corrected chi connectivity index (χ3v) is 12.0. The van der Waals surface area contributed by atoms with E-state index in [1.807, 2.05) is 0 Å². The molecule has 1 saturated carbocycles. The molecule has 2 aliphatic heterocycles. The molecule has 0 bridgehead atoms. The van der Waals surface area contributed by atoms with Crippen LogP contribution in [0.3, 0.4) is 0 Å². The van der Waals surface area contributed by atoms with Crippen LogP contribution in [0.25, 0.3) is 0 Å². The van der Waals surface area contributed by atoms with Gasteiger partial charge in [-0.3, -0.25) is 39.4 Å². The zero-order valence-corrected chi connectivity index (χ0v) is 30.1. The molecule has 3 aromatic rings. The number of alkyl halides is 5. The maximum atomic E-state index is 14.5. The number of ether oxygens (including phenoxy) is 1. The Bertz CT molecular complexity index is 2290. The highest BCUT2D eigenvalue weighted by molar-refractivity contribution is 6.58. The van der Waals surface area contributed by atoms with Crippen molar-refractivity contribution in [3.63, 3.8) is 0 Å². The molecular weight excluding hydrogens is 797 g/mol. The summed E-state index contributed by atoms with van der Waals surface area (Å²) >= 11 is 14.4. The Labute approximate surface area is 321 Å². The van der Waals surface area contributed by atoms with E-state index < -0.39 is 125 Å². The van der Waals surface area contributed by atoms with Crippen molar-refractivity contribution in [1.29, 1.82) is 0 Å². The van der Waals surface area contributed by atoms with Crippen molar-refractivity contribution in [3.8, 4) is 11.5 Å². The van der Waals surface area contributed by atoms with Crippen LogP contribution in [0.4, 0.5) is 46.0 Å². The van der Waals surface area contributed by atoms with Gasteiger partial charge in [0, 0.05) is 37.7 Å². The van der Waals surface area contributed by atoms with Gasteiger partial charge in [0.15, 0.2) is 15.4 Å². The summed E-state index contributed by atoms with van der Waals surface area (Å²) in [5.74, 6) is -12.5. The Hall–Kier alpha value is -5.82. The van der Waals surface area contributed by atoms with E-state index in [2.05, 4.69) is 4.74 Å². The molecule has 0 spiro atoms. The Morgan fingerprint density at radius 2 is 1.48 bits per heavy atom. The maximum absolute atomic E-state index is 14.5. The molecule has 2 aliphatic carbocycles. The van der Waals surface area contributed by atoms with Gasteiger partial charge in [0.2, 0.25) is 11.8 Å². The number of hydrogen-bond acceptors (Lipinski definition) is 11. The molecule has 4 amide bonds. The molecule has 1 N–H and O–H groups in total. The van der Waals surface area contributed by atoms with Gasteiger partial charge in [0.05, 0.1) is 33.1 Å². The average molecular weight is 823 g/mol. The Kier molecular flexibility index (Phi) is 8.84. The van der Waals surface area contributed by atoms with Gasteiger partial charge in [-0.05, 0) is 61.2 Å². The number of amides is 4. The fraction of sp³-hybridized carbons (Fsp3) is 0.314. The first-order valence-corrected chi connectivity index (χ1v) is 17.2. The first-order chi connectivity index (χ1) is 26.1. The number of halogens is 6. The van der Waals surface area contributed by atoms with Crippen molar-refractivity contribution < 1.29 is 56.4 Å². The summed E-state index contributed by atoms with van der Waals surface area (Å²) in [6, 6.07) is 8.01. The van der Waals surface area contributed by atoms with E-state index in [0.29, 0.717) is 9.80 Å². The van der Waals surface area contributed by atoms with Crippen molar-refractivity contribution in [3.05, 3.63) is 97.9 Å². The lowest BCUT2D eigenvalue weighted by atomic mass is 9.56. The van der Waals surface area contributed by atoms with E-state index in [1.165, 1.54) is 20.2 Å². The number of phenols is 1. The van der Waals surface area contributed by atoms with Gasteiger partial charge in [0.25, 0.3) is 11.8 Å². The van der Waals surface area contributed by atoms with Crippen LogP contribution in [0.2, 0.25) is 0 Å². The number of nitro groups is 2. The second-order valence-electron chi connectivity index (χ2n) is 13.8. The fourth-order valence-corrected chi connectivity index (χ4v) is 9.34. The van der Waals surface area contributed by atoms with Crippen LogP contribution < -0.4 is 19.4 Å². The van der Waals surface area contributed by atoms with Crippen LogP contribution in [0.5, 0.6) is 11.5 Å². The lowest BCUT2D eigenvalue weighted by Crippen LogP contribution is -2.60. The summed E-state index contributed by atoms with van der Waals surface area (Å²) in [6.07, 6.45) is -4.76. The average Bonchev–Trinajstić information content (AvgIpc) is 3.45. The summed E-state index contributed by atoms with van der Waals surface area (Å²) in [6.45, 7) is 0. The maximum Gasteiger partial charge on any atom is 0.573 e. The van der Waals surface area contributed by atoms with Crippen molar-refractivity contribution in [2.75, 3.05) is 28.8 Å². The third kappa shape index (κ3) is 5.54. The minimum absolute atomic E-state index is 0.0296. The van der Waals surface area contributed by atoms with Crippen molar-refractivity contribution in [2.24, 2.45) is 17.8 Å². The largest absolute Gasteiger partial charge is 0.573 e. The number of imide groups is 2. The molecular formula is C35H25Cl2F4N5O10. The molecule has 0 aromatic heterocycles. The normalized spacial score (nSPS) is 27.1. The second kappa shape index (κ2) is 12.9. The highest BCUT2D eigenvalue weighted by atomic mass is 35.5. The van der Waals surface area contributed by atoms with Gasteiger partial charge in [-0.2, -0.15) is 0 Å². The first-order valence-electron chi connectivity index (χ1n) is 16.4. The van der Waals surface area contributed by atoms with E-state index in [9.17, 15) is 62.1 Å². The molecule has 2 saturated heterocycles. The minimum Gasteiger partial charge on any atom is -0.508 e. The van der Waals surface area contributed by atoms with E-state index in [1.54, 1.807) is 0 Å². The number of aromatic hydroxyl groups is 1. The molecule has 56 heavy (non-hydrogen) atoms. The molecule has 6 atom stereocenters. The van der Waals surface area contributed by atoms with Crippen LogP contribution in [-0.2, 0) is 19.2 Å². The molecule has 2 heterocycles. The molecule has 4 aliphatic rings. The Balaban J connectivity index is 1.41. The molecule has 3 fully saturated rings. The van der Waals surface area contributed by atoms with Gasteiger partial charge in [-0.25, -0.2) is 14.2 Å². The number of hydrogen-bond donors (Lipinski definition) is 1. The van der Waals surface area contributed by atoms with Crippen molar-refractivity contribution >= 4 is 75.3 Å². The van der Waals surface area contributed by atoms with Gasteiger partial charge in [-0.1, -0.05) is 11.6 Å². The standard InChI is InChI=1S/C35H25Cl2F4N5O10/c1-42(2)28-23(45(52)53)11-17(12-24(28)46(54)55)43-29(48)20-9-8-19-22(26(20)30(43)49)14-33(36)31(50)44(16-5-3-15(38)4-6-16)32(51)34(33,37)27(19)21-13-18(7-10-25(21)47)56-35(39,40)41/h3-8,10-13,20,22,26-27,47H,9,14H2,1-2H3. The molecule has 21 heteroatoms. The van der Waals surface area contributed by atoms with Gasteiger partial charge >= 0.3 is 17.7 Å². The number of phenolic OH excluding ortho intramolecular Hbond substituents is 1. The van der Waals surface area contributed by atoms with Gasteiger partial charge in [-0.15, -0.1) is 36.4 Å². The topological polar surface area (TPSA) is 194 Å². The van der Waals surface area contributed by atoms with Gasteiger partial charge < -0.3 is 14.7 Å². The highest BCUT2D eigenvalue weighted by Gasteiger charge is 2.77. The zero-order chi connectivity index (χ0) is 41.0. The summed E-state index contributed by atoms with van der Waals surface area (Å²) < 4.78 is 58.2. The zero-order valence-electron chi connectivity index (χ0n) is 28.6. The van der Waals surface area contributed by atoms with Crippen LogP contribution in [0.15, 0.2) is 66.2 Å².